The average Bonchev–Trinajstić information content (AvgIpc) is 1.85. The van der Waals surface area contributed by atoms with E-state index in [0.29, 0.717) is 0 Å². The van der Waals surface area contributed by atoms with E-state index in [4.69, 9.17) is 0 Å². The Kier molecular flexibility index (Phi) is 3.89. The third kappa shape index (κ3) is 3.09. The topological polar surface area (TPSA) is 86.5 Å². The van der Waals surface area contributed by atoms with Crippen LogP contribution in [0.15, 0.2) is 0 Å². The summed E-state index contributed by atoms with van der Waals surface area (Å²) >= 11 is 0. The molecule has 0 rings (SSSR count). The minimum atomic E-state index is -1.21. The maximum absolute atomic E-state index is 10.7. The Bertz CT molecular complexity index is 212. The summed E-state index contributed by atoms with van der Waals surface area (Å²) < 4.78 is 0. The summed E-state index contributed by atoms with van der Waals surface area (Å²) in [7, 11) is 0. The van der Waals surface area contributed by atoms with Crippen molar-refractivity contribution in [3.63, 3.8) is 0 Å². The van der Waals surface area contributed by atoms with E-state index in [-0.39, 0.29) is 6.42 Å². The summed E-state index contributed by atoms with van der Waals surface area (Å²) in [6, 6.07) is 0. The van der Waals surface area contributed by atoms with Crippen LogP contribution in [0.5, 0.6) is 0 Å². The van der Waals surface area contributed by atoms with Gasteiger partial charge in [0.15, 0.2) is 0 Å². The van der Waals surface area contributed by atoms with Crippen LogP contribution in [0.4, 0.5) is 0 Å². The summed E-state index contributed by atoms with van der Waals surface area (Å²) in [6.45, 7) is 2.77. The lowest BCUT2D eigenvalue weighted by Gasteiger charge is -2.06. The molecule has 0 N–H and O–H groups in total. The zero-order valence-corrected chi connectivity index (χ0v) is 6.77. The second-order valence-electron chi connectivity index (χ2n) is 2.21. The zero-order chi connectivity index (χ0) is 9.72. The summed E-state index contributed by atoms with van der Waals surface area (Å²) in [5.41, 5.74) is 0. The Morgan fingerprint density at radius 3 is 2.33 bits per heavy atom. The molecule has 12 heavy (non-hydrogen) atoms. The quantitative estimate of drug-likeness (QED) is 0.349. The molecule has 0 spiro atoms. The van der Waals surface area contributed by atoms with E-state index in [0.717, 1.165) is 0 Å². The van der Waals surface area contributed by atoms with Crippen LogP contribution in [0.2, 0.25) is 0 Å². The molecule has 1 unspecified atom stereocenters. The molecular formula is C6H9NO5. The van der Waals surface area contributed by atoms with Gasteiger partial charge in [0.2, 0.25) is 0 Å². The molecule has 0 aromatic carbocycles. The molecule has 0 bridgehead atoms. The predicted octanol–water partition coefficient (Wildman–Crippen LogP) is 0.336. The smallest absolute Gasteiger partial charge is 0.299 e. The van der Waals surface area contributed by atoms with Crippen LogP contribution >= 0.6 is 0 Å². The van der Waals surface area contributed by atoms with Crippen molar-refractivity contribution in [2.75, 3.05) is 0 Å². The van der Waals surface area contributed by atoms with Crippen molar-refractivity contribution in [3.8, 4) is 0 Å². The zero-order valence-electron chi connectivity index (χ0n) is 6.77. The first-order valence-electron chi connectivity index (χ1n) is 3.35. The highest BCUT2D eigenvalue weighted by Gasteiger charge is 2.24. The Labute approximate surface area is 68.6 Å². The first kappa shape index (κ1) is 10.5. The van der Waals surface area contributed by atoms with Gasteiger partial charge in [-0.3, -0.25) is 9.59 Å². The molecule has 0 heterocycles. The fourth-order valence-corrected chi connectivity index (χ4v) is 0.757. The maximum atomic E-state index is 10.7. The number of rotatable bonds is 4. The number of ketones is 1. The van der Waals surface area contributed by atoms with Gasteiger partial charge in [0.25, 0.3) is 0 Å². The van der Waals surface area contributed by atoms with Crippen LogP contribution in [0.1, 0.15) is 20.3 Å². The largest absolute Gasteiger partial charge is 0.314 e. The van der Waals surface area contributed by atoms with Crippen molar-refractivity contribution < 1.29 is 19.5 Å². The fourth-order valence-electron chi connectivity index (χ4n) is 0.757. The van der Waals surface area contributed by atoms with Gasteiger partial charge in [-0.1, -0.05) is 6.92 Å². The number of Topliss-reactive ketones (excluding diaryl/α,β-unsaturated/α-hetero) is 1. The number of carbonyl (C=O) groups is 2. The van der Waals surface area contributed by atoms with Gasteiger partial charge in [-0.25, -0.2) is 4.84 Å². The minimum absolute atomic E-state index is 0.210. The van der Waals surface area contributed by atoms with Crippen LogP contribution in [0.25, 0.3) is 0 Å². The summed E-state index contributed by atoms with van der Waals surface area (Å²) in [5.74, 6) is -2.55. The van der Waals surface area contributed by atoms with Gasteiger partial charge in [-0.05, 0) is 13.3 Å². The van der Waals surface area contributed by atoms with Gasteiger partial charge in [0.1, 0.15) is 11.7 Å². The number of hydrogen-bond donors (Lipinski definition) is 0. The van der Waals surface area contributed by atoms with E-state index in [1.165, 1.54) is 6.92 Å². The summed E-state index contributed by atoms with van der Waals surface area (Å²) in [6.07, 6.45) is 0.210. The Hall–Kier alpha value is -1.46. The second-order valence-corrected chi connectivity index (χ2v) is 2.21. The van der Waals surface area contributed by atoms with Crippen LogP contribution in [-0.4, -0.2) is 16.8 Å². The van der Waals surface area contributed by atoms with Crippen LogP contribution in [0.3, 0.4) is 0 Å². The molecule has 1 atom stereocenters. The van der Waals surface area contributed by atoms with Crippen LogP contribution in [0, 0.1) is 16.0 Å². The molecule has 0 aliphatic carbocycles. The molecule has 6 heteroatoms. The van der Waals surface area contributed by atoms with Crippen LogP contribution in [-0.2, 0) is 14.4 Å². The Morgan fingerprint density at radius 1 is 1.58 bits per heavy atom. The van der Waals surface area contributed by atoms with Gasteiger partial charge in [0.05, 0.1) is 0 Å². The molecule has 0 fully saturated rings. The monoisotopic (exact) mass is 175 g/mol. The van der Waals surface area contributed by atoms with Crippen molar-refractivity contribution >= 4 is 11.8 Å². The fraction of sp³-hybridized carbons (Fsp3) is 0.667. The SMILES string of the molecule is CCC(C(C)=O)C(=O)O[N+](=O)[O-]. The molecule has 0 radical (unpaired) electrons. The first-order chi connectivity index (χ1) is 5.49. The van der Waals surface area contributed by atoms with Crippen molar-refractivity contribution in [3.05, 3.63) is 10.1 Å². The standard InChI is InChI=1S/C6H9NO5/c1-3-5(4(2)8)6(9)12-7(10)11/h5H,3H2,1-2H3. The highest BCUT2D eigenvalue weighted by atomic mass is 17.0. The molecule has 0 aromatic heterocycles. The van der Waals surface area contributed by atoms with Crippen molar-refractivity contribution in [2.24, 2.45) is 5.92 Å². The van der Waals surface area contributed by atoms with Crippen molar-refractivity contribution in [1.29, 1.82) is 0 Å². The van der Waals surface area contributed by atoms with Gasteiger partial charge in [0, 0.05) is 0 Å². The normalized spacial score (nSPS) is 11.8. The Balaban J connectivity index is 4.22. The molecule has 0 amide bonds. The van der Waals surface area contributed by atoms with E-state index in [2.05, 4.69) is 4.84 Å². The summed E-state index contributed by atoms with van der Waals surface area (Å²) in [5, 5.41) is 8.49. The van der Waals surface area contributed by atoms with E-state index >= 15 is 0 Å². The van der Waals surface area contributed by atoms with Crippen LogP contribution < -0.4 is 0 Å². The van der Waals surface area contributed by atoms with Gasteiger partial charge >= 0.3 is 11.1 Å². The molecule has 0 aliphatic rings. The first-order valence-corrected chi connectivity index (χ1v) is 3.35. The van der Waals surface area contributed by atoms with E-state index < -0.39 is 22.8 Å². The summed E-state index contributed by atoms with van der Waals surface area (Å²) in [4.78, 5) is 34.7. The maximum Gasteiger partial charge on any atom is 0.314 e. The minimum Gasteiger partial charge on any atom is -0.299 e. The lowest BCUT2D eigenvalue weighted by molar-refractivity contribution is -0.730. The third-order valence-corrected chi connectivity index (χ3v) is 1.35. The molecule has 68 valence electrons. The van der Waals surface area contributed by atoms with Gasteiger partial charge in [-0.15, -0.1) is 10.1 Å². The van der Waals surface area contributed by atoms with E-state index in [1.807, 2.05) is 0 Å². The third-order valence-electron chi connectivity index (χ3n) is 1.35. The number of nitrogens with zero attached hydrogens (tertiary/aromatic N) is 1. The van der Waals surface area contributed by atoms with E-state index in [9.17, 15) is 19.7 Å². The average molecular weight is 175 g/mol. The Morgan fingerprint density at radius 2 is 2.08 bits per heavy atom. The predicted molar refractivity (Wildman–Crippen MR) is 37.5 cm³/mol. The molecule has 0 saturated heterocycles. The van der Waals surface area contributed by atoms with Crippen molar-refractivity contribution in [1.82, 2.24) is 0 Å². The van der Waals surface area contributed by atoms with Gasteiger partial charge < -0.3 is 0 Å². The second kappa shape index (κ2) is 4.42. The highest BCUT2D eigenvalue weighted by Crippen LogP contribution is 2.06. The lowest BCUT2D eigenvalue weighted by atomic mass is 10.0. The lowest BCUT2D eigenvalue weighted by Crippen LogP contribution is -2.25. The number of hydrogen-bond acceptors (Lipinski definition) is 5. The van der Waals surface area contributed by atoms with Gasteiger partial charge in [-0.2, -0.15) is 0 Å². The molecule has 0 saturated carbocycles. The van der Waals surface area contributed by atoms with E-state index in [1.54, 1.807) is 6.92 Å². The molecule has 0 aliphatic heterocycles. The molecule has 0 aromatic rings. The highest BCUT2D eigenvalue weighted by molar-refractivity contribution is 5.97. The van der Waals surface area contributed by atoms with Crippen molar-refractivity contribution in [2.45, 2.75) is 20.3 Å². The molecule has 6 nitrogen and oxygen atoms in total. The number of carbonyl (C=O) groups excluding carboxylic acids is 2. The molecular weight excluding hydrogens is 166 g/mol.